The van der Waals surface area contributed by atoms with Gasteiger partial charge in [-0.2, -0.15) is 0 Å². The molecule has 10 bridgehead atoms. The Morgan fingerprint density at radius 1 is 0.731 bits per heavy atom. The van der Waals surface area contributed by atoms with Crippen molar-refractivity contribution in [1.82, 2.24) is 60.6 Å². The van der Waals surface area contributed by atoms with Gasteiger partial charge in [0.15, 0.2) is 5.78 Å². The van der Waals surface area contributed by atoms with Gasteiger partial charge in [0, 0.05) is 81.7 Å². The highest BCUT2D eigenvalue weighted by Gasteiger charge is 2.48. The van der Waals surface area contributed by atoms with Crippen LogP contribution in [0.15, 0.2) is 93.6 Å². The normalized spacial score (nSPS) is 20.1. The maximum absolute atomic E-state index is 15.7. The van der Waals surface area contributed by atoms with E-state index in [1.165, 1.54) is 56.9 Å². The molecule has 31 heteroatoms. The fourth-order valence-corrected chi connectivity index (χ4v) is 16.6. The molecule has 0 aliphatic carbocycles. The molecule has 7 aromatic heterocycles. The summed E-state index contributed by atoms with van der Waals surface area (Å²) in [6.45, 7) is 7.44. The molecule has 9 aromatic rings. The van der Waals surface area contributed by atoms with Crippen molar-refractivity contribution in [3.8, 4) is 49.1 Å². The Bertz CT molecular complexity index is 4260. The van der Waals surface area contributed by atoms with E-state index >= 15 is 4.79 Å². The number of carbonyl (C=O) groups is 7. The minimum atomic E-state index is -1.32. The number of phenols is 1. The fourth-order valence-electron chi connectivity index (χ4n) is 11.2. The first-order chi connectivity index (χ1) is 44.9. The Balaban J connectivity index is 0.945. The van der Waals surface area contributed by atoms with Crippen molar-refractivity contribution in [2.75, 3.05) is 45.9 Å². The summed E-state index contributed by atoms with van der Waals surface area (Å²) in [6, 6.07) is 15.1. The third-order valence-corrected chi connectivity index (χ3v) is 21.6. The zero-order valence-electron chi connectivity index (χ0n) is 49.8. The van der Waals surface area contributed by atoms with Gasteiger partial charge in [-0.05, 0) is 55.3 Å². The molecule has 6 amide bonds. The molecular weight excluding hydrogens is 1310 g/mol. The van der Waals surface area contributed by atoms with Gasteiger partial charge in [0.1, 0.15) is 82.8 Å². The van der Waals surface area contributed by atoms with Crippen molar-refractivity contribution in [2.45, 2.75) is 75.8 Å². The van der Waals surface area contributed by atoms with E-state index in [1.54, 1.807) is 77.2 Å². The van der Waals surface area contributed by atoms with Crippen molar-refractivity contribution < 1.29 is 53.2 Å². The van der Waals surface area contributed by atoms with Crippen LogP contribution in [0, 0.1) is 12.8 Å². The number of phenolic OH excluding ortho intramolecular Hbond substituents is 1. The van der Waals surface area contributed by atoms with Crippen LogP contribution >= 0.6 is 68.0 Å². The lowest BCUT2D eigenvalue weighted by molar-refractivity contribution is -0.134. The fraction of sp³-hybridized carbons (Fsp3) is 0.323. The minimum absolute atomic E-state index is 0.0129. The topological polar surface area (TPSA) is 363 Å². The summed E-state index contributed by atoms with van der Waals surface area (Å²) < 4.78 is 11.7. The molecule has 2 saturated heterocycles. The number of aliphatic hydroxyl groups is 1. The highest BCUT2D eigenvalue weighted by Crippen LogP contribution is 2.44. The van der Waals surface area contributed by atoms with Crippen molar-refractivity contribution in [2.24, 2.45) is 17.4 Å². The number of amides is 6. The lowest BCUT2D eigenvalue weighted by Crippen LogP contribution is -2.50. The number of fused-ring (bicyclic) bond motifs is 16. The number of nitrogens with zero attached hydrogens (tertiary/aromatic N) is 9. The molecule has 7 atom stereocenters. The number of thiazole rings is 6. The third-order valence-electron chi connectivity index (χ3n) is 16.0. The standard InChI is InChI=1S/C62H60N14O11S6/c1-30-46(87-62(85)65-15-6-16-75-17-19-86-20-18-75)24-76-50(30)60-73-44(29-92-60)58-69-40(25-90-58)49-35(13-14-37(66-49)57-70-41(26-91-57)52(64)81)55-71-42(27-88-55)53(82)67-38(23-47(63)79)59-74-48(31(2)93-59)45(78)22-36(51(80)33-7-4-3-5-8-33)56-72-43(28-89-56)54(83)68-39(61(76)84)21-32-9-11-34(77)12-10-32/h3-5,7-14,25-30,36,38-39,46,50-51,77,80H,6,15-24H2,1-2H3,(H2,63,79)(H2,64,81)(H,65,85)(H,67,82)(H,68,83)/t30-,36-,38-,39-,46-,50-,51+/m0/s1. The first-order valence-electron chi connectivity index (χ1n) is 29.5. The van der Waals surface area contributed by atoms with E-state index in [2.05, 4.69) is 25.8 Å². The minimum Gasteiger partial charge on any atom is -0.508 e. The number of ether oxygens (including phenoxy) is 2. The number of Topliss-reactive ketones (excluding diaryl/α,β-unsaturated/α-hetero) is 1. The maximum atomic E-state index is 15.7. The average Bonchev–Trinajstić information content (AvgIpc) is 1.63. The van der Waals surface area contributed by atoms with Crippen molar-refractivity contribution >= 4 is 109 Å². The number of aromatic nitrogens is 7. The number of carbonyl (C=O) groups excluding carboxylic acids is 7. The van der Waals surface area contributed by atoms with E-state index in [9.17, 15) is 39.0 Å². The first-order valence-corrected chi connectivity index (χ1v) is 34.7. The first kappa shape index (κ1) is 64.4. The third kappa shape index (κ3) is 14.6. The van der Waals surface area contributed by atoms with Gasteiger partial charge in [-0.3, -0.25) is 33.7 Å². The number of aryl methyl sites for hydroxylation is 1. The van der Waals surface area contributed by atoms with Gasteiger partial charge in [0.25, 0.3) is 17.7 Å². The van der Waals surface area contributed by atoms with Crippen LogP contribution < -0.4 is 27.4 Å². The number of hydrogen-bond acceptors (Lipinski definition) is 25. The van der Waals surface area contributed by atoms with Gasteiger partial charge >= 0.3 is 6.09 Å². The smallest absolute Gasteiger partial charge is 0.407 e. The summed E-state index contributed by atoms with van der Waals surface area (Å²) in [5.74, 6) is -5.56. The number of morpholine rings is 1. The monoisotopic (exact) mass is 1370 g/mol. The van der Waals surface area contributed by atoms with Crippen LogP contribution in [0.25, 0.3) is 43.4 Å². The van der Waals surface area contributed by atoms with Gasteiger partial charge in [-0.1, -0.05) is 49.4 Å². The summed E-state index contributed by atoms with van der Waals surface area (Å²) in [6.07, 6.45) is -2.97. The molecule has 25 nitrogen and oxygen atoms in total. The Kier molecular flexibility index (Phi) is 19.6. The number of aromatic hydroxyl groups is 1. The van der Waals surface area contributed by atoms with Gasteiger partial charge in [-0.15, -0.1) is 68.0 Å². The van der Waals surface area contributed by atoms with E-state index in [0.29, 0.717) is 90.6 Å². The van der Waals surface area contributed by atoms with Crippen LogP contribution in [0.5, 0.6) is 5.75 Å². The molecule has 2 fully saturated rings. The molecule has 2 aromatic carbocycles. The summed E-state index contributed by atoms with van der Waals surface area (Å²) in [5.41, 5.74) is 14.4. The Labute approximate surface area is 555 Å². The van der Waals surface area contributed by atoms with E-state index in [0.717, 1.165) is 53.6 Å². The van der Waals surface area contributed by atoms with Gasteiger partial charge < -0.3 is 52.0 Å². The van der Waals surface area contributed by atoms with E-state index in [1.807, 2.05) is 12.3 Å². The average molecular weight is 1370 g/mol. The molecule has 9 N–H and O–H groups in total. The van der Waals surface area contributed by atoms with Crippen LogP contribution in [-0.4, -0.2) is 154 Å². The van der Waals surface area contributed by atoms with Crippen molar-refractivity contribution in [3.63, 3.8) is 0 Å². The maximum Gasteiger partial charge on any atom is 0.407 e. The van der Waals surface area contributed by atoms with Gasteiger partial charge in [0.2, 0.25) is 11.8 Å². The zero-order chi connectivity index (χ0) is 65.0. The number of hydrogen-bond donors (Lipinski definition) is 7. The van der Waals surface area contributed by atoms with Gasteiger partial charge in [0.05, 0.1) is 55.1 Å². The predicted octanol–water partition coefficient (Wildman–Crippen LogP) is 7.73. The van der Waals surface area contributed by atoms with Crippen LogP contribution in [0.1, 0.15) is 123 Å². The Morgan fingerprint density at radius 3 is 2.15 bits per heavy atom. The molecule has 12 rings (SSSR count). The number of ketones is 1. The second kappa shape index (κ2) is 28.3. The van der Waals surface area contributed by atoms with E-state index in [-0.39, 0.29) is 64.3 Å². The summed E-state index contributed by atoms with van der Waals surface area (Å²) >= 11 is 6.97. The Hall–Kier alpha value is -8.66. The lowest BCUT2D eigenvalue weighted by Gasteiger charge is -2.29. The number of pyridine rings is 1. The lowest BCUT2D eigenvalue weighted by atomic mass is 9.90. The number of nitrogens with two attached hydrogens (primary N) is 2. The number of benzene rings is 2. The molecule has 3 aliphatic heterocycles. The molecule has 0 unspecified atom stereocenters. The van der Waals surface area contributed by atoms with Crippen LogP contribution in [0.2, 0.25) is 0 Å². The quantitative estimate of drug-likeness (QED) is 0.0543. The highest BCUT2D eigenvalue weighted by molar-refractivity contribution is 7.15. The SMILES string of the molecule is Cc1sc2nc1C(=O)C[C@@H]([C@H](O)c1ccccc1)c1nc(cs1)C(=O)N[C@@H](Cc1ccc(O)cc1)C(=O)N1C[C@H](OC(=O)NCCCN3CCOCC3)[C@H](C)[C@H]1c1nc(cs1)-c1nc(cs1)-c1nc(-c3nc(C(N)=O)cs3)ccc1-c1nc(cs1)C(=O)N[C@H]2CC(N)=O. The predicted molar refractivity (Wildman–Crippen MR) is 350 cm³/mol. The number of rotatable bonds is 13. The largest absolute Gasteiger partial charge is 0.508 e. The van der Waals surface area contributed by atoms with Crippen molar-refractivity contribution in [3.05, 3.63) is 147 Å². The summed E-state index contributed by atoms with van der Waals surface area (Å²) in [4.78, 5) is 136. The van der Waals surface area contributed by atoms with Crippen molar-refractivity contribution in [1.29, 1.82) is 0 Å². The summed E-state index contributed by atoms with van der Waals surface area (Å²) in [7, 11) is 0. The van der Waals surface area contributed by atoms with E-state index in [4.69, 9.17) is 50.8 Å². The second-order valence-electron chi connectivity index (χ2n) is 22.3. The molecule has 93 heavy (non-hydrogen) atoms. The highest BCUT2D eigenvalue weighted by atomic mass is 32.1. The van der Waals surface area contributed by atoms with Crippen LogP contribution in [0.4, 0.5) is 4.79 Å². The molecular formula is C62H60N14O11S6. The number of nitrogens with one attached hydrogen (secondary N) is 3. The number of alkyl carbamates (subject to hydrolysis) is 1. The Morgan fingerprint density at radius 2 is 1.40 bits per heavy atom. The molecule has 3 aliphatic rings. The molecule has 10 heterocycles. The van der Waals surface area contributed by atoms with Crippen LogP contribution in [-0.2, 0) is 25.5 Å². The number of primary amides is 2. The molecule has 480 valence electrons. The summed E-state index contributed by atoms with van der Waals surface area (Å²) in [5, 5.41) is 41.4. The zero-order valence-corrected chi connectivity index (χ0v) is 54.7. The number of aliphatic hydroxyl groups excluding tert-OH is 1. The molecule has 0 radical (unpaired) electrons. The second-order valence-corrected chi connectivity index (χ2v) is 27.9. The van der Waals surface area contributed by atoms with E-state index < -0.39 is 83.6 Å². The van der Waals surface area contributed by atoms with Gasteiger partial charge in [-0.25, -0.2) is 39.7 Å². The van der Waals surface area contributed by atoms with Crippen LogP contribution in [0.3, 0.4) is 0 Å². The molecule has 0 saturated carbocycles. The molecule has 0 spiro atoms.